The van der Waals surface area contributed by atoms with Gasteiger partial charge < -0.3 is 16.4 Å². The number of hydrogen-bond acceptors (Lipinski definition) is 5. The van der Waals surface area contributed by atoms with Gasteiger partial charge in [-0.05, 0) is 19.1 Å². The molecule has 0 spiro atoms. The third-order valence-electron chi connectivity index (χ3n) is 2.28. The molecule has 8 heteroatoms. The Morgan fingerprint density at radius 2 is 2.05 bits per heavy atom. The number of nitro groups is 1. The van der Waals surface area contributed by atoms with E-state index < -0.39 is 16.5 Å². The molecule has 1 aromatic rings. The molecule has 19 heavy (non-hydrogen) atoms. The van der Waals surface area contributed by atoms with Crippen molar-refractivity contribution >= 4 is 23.2 Å². The standard InChI is InChI=1S/C11H14N4O4/c1-2-13-9(16)6-14-11(17)7-4-3-5-8(12)10(7)15(18)19/h3-5H,2,6,12H2,1H3,(H,13,16)(H,14,17). The van der Waals surface area contributed by atoms with Gasteiger partial charge in [0.1, 0.15) is 11.3 Å². The van der Waals surface area contributed by atoms with Gasteiger partial charge in [0.05, 0.1) is 11.5 Å². The molecular weight excluding hydrogens is 252 g/mol. The minimum absolute atomic E-state index is 0.101. The van der Waals surface area contributed by atoms with Gasteiger partial charge in [0, 0.05) is 6.54 Å². The number of nitrogens with two attached hydrogens (primary N) is 1. The van der Waals surface area contributed by atoms with E-state index in [1.165, 1.54) is 18.2 Å². The fourth-order valence-corrected chi connectivity index (χ4v) is 1.46. The van der Waals surface area contributed by atoms with Crippen molar-refractivity contribution in [2.75, 3.05) is 18.8 Å². The highest BCUT2D eigenvalue weighted by Crippen LogP contribution is 2.25. The van der Waals surface area contributed by atoms with Crippen molar-refractivity contribution in [2.45, 2.75) is 6.92 Å². The quantitative estimate of drug-likeness (QED) is 0.394. The summed E-state index contributed by atoms with van der Waals surface area (Å²) in [5.41, 5.74) is 4.73. The predicted octanol–water partition coefficient (Wildman–Crippen LogP) is 0.0429. The first-order valence-corrected chi connectivity index (χ1v) is 5.55. The zero-order valence-electron chi connectivity index (χ0n) is 10.3. The van der Waals surface area contributed by atoms with Gasteiger partial charge in [-0.25, -0.2) is 0 Å². The molecular formula is C11H14N4O4. The van der Waals surface area contributed by atoms with E-state index in [0.717, 1.165) is 0 Å². The van der Waals surface area contributed by atoms with Crippen molar-refractivity contribution in [1.29, 1.82) is 0 Å². The van der Waals surface area contributed by atoms with Gasteiger partial charge in [-0.2, -0.15) is 0 Å². The molecule has 102 valence electrons. The van der Waals surface area contributed by atoms with Crippen LogP contribution in [0.3, 0.4) is 0 Å². The van der Waals surface area contributed by atoms with Crippen LogP contribution in [0.4, 0.5) is 11.4 Å². The number of benzene rings is 1. The maximum Gasteiger partial charge on any atom is 0.304 e. The zero-order valence-corrected chi connectivity index (χ0v) is 10.3. The number of carbonyl (C=O) groups is 2. The summed E-state index contributed by atoms with van der Waals surface area (Å²) in [7, 11) is 0. The van der Waals surface area contributed by atoms with Crippen molar-refractivity contribution in [3.63, 3.8) is 0 Å². The number of carbonyl (C=O) groups excluding carboxylic acids is 2. The Labute approximate surface area is 109 Å². The van der Waals surface area contributed by atoms with E-state index in [4.69, 9.17) is 5.73 Å². The van der Waals surface area contributed by atoms with Crippen LogP contribution in [0, 0.1) is 10.1 Å². The van der Waals surface area contributed by atoms with Gasteiger partial charge in [-0.1, -0.05) is 6.07 Å². The van der Waals surface area contributed by atoms with Crippen molar-refractivity contribution in [3.05, 3.63) is 33.9 Å². The molecule has 0 aliphatic rings. The zero-order chi connectivity index (χ0) is 14.4. The fraction of sp³-hybridized carbons (Fsp3) is 0.273. The number of anilines is 1. The molecule has 0 aliphatic carbocycles. The van der Waals surface area contributed by atoms with Gasteiger partial charge >= 0.3 is 5.69 Å². The molecule has 2 amide bonds. The van der Waals surface area contributed by atoms with Gasteiger partial charge in [-0.15, -0.1) is 0 Å². The van der Waals surface area contributed by atoms with Gasteiger partial charge in [0.25, 0.3) is 5.91 Å². The summed E-state index contributed by atoms with van der Waals surface area (Å²) in [5, 5.41) is 15.6. The number of nitrogens with zero attached hydrogens (tertiary/aromatic N) is 1. The van der Waals surface area contributed by atoms with Crippen molar-refractivity contribution in [3.8, 4) is 0 Å². The van der Waals surface area contributed by atoms with Crippen molar-refractivity contribution in [1.82, 2.24) is 10.6 Å². The highest BCUT2D eigenvalue weighted by Gasteiger charge is 2.23. The topological polar surface area (TPSA) is 127 Å². The number of nitrogen functional groups attached to an aromatic ring is 1. The average Bonchev–Trinajstić information content (AvgIpc) is 2.35. The van der Waals surface area contributed by atoms with Gasteiger partial charge in [0.2, 0.25) is 5.91 Å². The van der Waals surface area contributed by atoms with Crippen LogP contribution in [0.2, 0.25) is 0 Å². The summed E-state index contributed by atoms with van der Waals surface area (Å²) in [6, 6.07) is 4.05. The first kappa shape index (κ1) is 14.4. The smallest absolute Gasteiger partial charge is 0.304 e. The monoisotopic (exact) mass is 266 g/mol. The Morgan fingerprint density at radius 3 is 2.63 bits per heavy atom. The van der Waals surface area contributed by atoms with Crippen molar-refractivity contribution < 1.29 is 14.5 Å². The largest absolute Gasteiger partial charge is 0.393 e. The maximum absolute atomic E-state index is 11.8. The number of likely N-dealkylation sites (N-methyl/N-ethyl adjacent to an activating group) is 1. The molecule has 1 aromatic carbocycles. The van der Waals surface area contributed by atoms with Crippen LogP contribution < -0.4 is 16.4 Å². The summed E-state index contributed by atoms with van der Waals surface area (Å²) < 4.78 is 0. The van der Waals surface area contributed by atoms with E-state index in [1.807, 2.05) is 0 Å². The molecule has 0 unspecified atom stereocenters. The van der Waals surface area contributed by atoms with E-state index in [-0.39, 0.29) is 23.7 Å². The van der Waals surface area contributed by atoms with E-state index in [1.54, 1.807) is 6.92 Å². The molecule has 0 atom stereocenters. The van der Waals surface area contributed by atoms with E-state index in [9.17, 15) is 19.7 Å². The number of amides is 2. The second-order valence-electron chi connectivity index (χ2n) is 3.64. The van der Waals surface area contributed by atoms with Crippen LogP contribution >= 0.6 is 0 Å². The SMILES string of the molecule is CCNC(=O)CNC(=O)c1cccc(N)c1[N+](=O)[O-]. The number of rotatable bonds is 5. The first-order valence-electron chi connectivity index (χ1n) is 5.55. The van der Waals surface area contributed by atoms with Crippen molar-refractivity contribution in [2.24, 2.45) is 0 Å². The second-order valence-corrected chi connectivity index (χ2v) is 3.64. The third kappa shape index (κ3) is 3.66. The van der Waals surface area contributed by atoms with Gasteiger partial charge in [-0.3, -0.25) is 19.7 Å². The number of nitrogens with one attached hydrogen (secondary N) is 2. The molecule has 0 aromatic heterocycles. The molecule has 0 radical (unpaired) electrons. The Kier molecular flexibility index (Phi) is 4.81. The summed E-state index contributed by atoms with van der Waals surface area (Å²) in [6.07, 6.45) is 0. The second kappa shape index (κ2) is 6.34. The number of hydrogen-bond donors (Lipinski definition) is 3. The Morgan fingerprint density at radius 1 is 1.37 bits per heavy atom. The molecule has 8 nitrogen and oxygen atoms in total. The molecule has 0 heterocycles. The summed E-state index contributed by atoms with van der Waals surface area (Å²) in [5.74, 6) is -1.09. The highest BCUT2D eigenvalue weighted by atomic mass is 16.6. The fourth-order valence-electron chi connectivity index (χ4n) is 1.46. The summed E-state index contributed by atoms with van der Waals surface area (Å²) in [6.45, 7) is 1.92. The van der Waals surface area contributed by atoms with Crippen LogP contribution in [0.1, 0.15) is 17.3 Å². The van der Waals surface area contributed by atoms with Crippen LogP contribution in [0.25, 0.3) is 0 Å². The van der Waals surface area contributed by atoms with Gasteiger partial charge in [0.15, 0.2) is 0 Å². The Balaban J connectivity index is 2.86. The number of nitro benzene ring substituents is 1. The van der Waals surface area contributed by atoms with Crippen LogP contribution in [-0.2, 0) is 4.79 Å². The average molecular weight is 266 g/mol. The van der Waals surface area contributed by atoms with Crippen LogP contribution in [-0.4, -0.2) is 29.8 Å². The molecule has 1 rings (SSSR count). The summed E-state index contributed by atoms with van der Waals surface area (Å²) >= 11 is 0. The predicted molar refractivity (Wildman–Crippen MR) is 68.5 cm³/mol. The summed E-state index contributed by atoms with van der Waals surface area (Å²) in [4.78, 5) is 33.1. The highest BCUT2D eigenvalue weighted by molar-refractivity contribution is 6.01. The molecule has 0 bridgehead atoms. The lowest BCUT2D eigenvalue weighted by atomic mass is 10.1. The maximum atomic E-state index is 11.8. The first-order chi connectivity index (χ1) is 8.97. The number of para-hydroxylation sites is 1. The lowest BCUT2D eigenvalue weighted by Gasteiger charge is -2.06. The van der Waals surface area contributed by atoms with E-state index in [0.29, 0.717) is 6.54 Å². The lowest BCUT2D eigenvalue weighted by molar-refractivity contribution is -0.384. The molecule has 4 N–H and O–H groups in total. The molecule has 0 aliphatic heterocycles. The molecule has 0 saturated heterocycles. The minimum atomic E-state index is -0.726. The normalized spacial score (nSPS) is 9.74. The molecule has 0 fully saturated rings. The Hall–Kier alpha value is -2.64. The van der Waals surface area contributed by atoms with Crippen LogP contribution in [0.15, 0.2) is 18.2 Å². The van der Waals surface area contributed by atoms with E-state index >= 15 is 0 Å². The van der Waals surface area contributed by atoms with E-state index in [2.05, 4.69) is 10.6 Å². The van der Waals surface area contributed by atoms with Crippen LogP contribution in [0.5, 0.6) is 0 Å². The molecule has 0 saturated carbocycles. The minimum Gasteiger partial charge on any atom is -0.393 e. The lowest BCUT2D eigenvalue weighted by Crippen LogP contribution is -2.37. The Bertz CT molecular complexity index is 515. The third-order valence-corrected chi connectivity index (χ3v) is 2.28.